The maximum Gasteiger partial charge on any atom is 0.117 e. The summed E-state index contributed by atoms with van der Waals surface area (Å²) in [4.78, 5) is 4.32. The second-order valence-electron chi connectivity index (χ2n) is 4.80. The number of aromatic nitrogens is 1. The SMILES string of the molecule is CCOC(c1ccccn1)[C@@H](N)COCc1ccccc1. The quantitative estimate of drug-likeness (QED) is 0.810. The number of hydrogen-bond acceptors (Lipinski definition) is 4. The van der Waals surface area contributed by atoms with E-state index >= 15 is 0 Å². The number of rotatable bonds is 8. The zero-order valence-corrected chi connectivity index (χ0v) is 12.3. The molecule has 4 heteroatoms. The van der Waals surface area contributed by atoms with Gasteiger partial charge >= 0.3 is 0 Å². The summed E-state index contributed by atoms with van der Waals surface area (Å²) in [7, 11) is 0. The Kier molecular flexibility index (Phi) is 6.34. The van der Waals surface area contributed by atoms with E-state index in [1.807, 2.05) is 55.5 Å². The highest BCUT2D eigenvalue weighted by molar-refractivity contribution is 5.13. The van der Waals surface area contributed by atoms with E-state index in [2.05, 4.69) is 4.98 Å². The molecule has 112 valence electrons. The molecule has 2 N–H and O–H groups in total. The molecule has 21 heavy (non-hydrogen) atoms. The molecular weight excluding hydrogens is 264 g/mol. The lowest BCUT2D eigenvalue weighted by molar-refractivity contribution is 0.00471. The van der Waals surface area contributed by atoms with E-state index in [0.717, 1.165) is 11.3 Å². The van der Waals surface area contributed by atoms with E-state index in [4.69, 9.17) is 15.2 Å². The third kappa shape index (κ3) is 4.93. The molecule has 1 heterocycles. The van der Waals surface area contributed by atoms with Gasteiger partial charge in [-0.05, 0) is 24.6 Å². The Labute approximate surface area is 125 Å². The number of nitrogens with two attached hydrogens (primary N) is 1. The van der Waals surface area contributed by atoms with Crippen LogP contribution in [0.5, 0.6) is 0 Å². The van der Waals surface area contributed by atoms with Crippen LogP contribution in [-0.4, -0.2) is 24.2 Å². The van der Waals surface area contributed by atoms with Gasteiger partial charge in [-0.25, -0.2) is 0 Å². The normalized spacial score (nSPS) is 13.8. The van der Waals surface area contributed by atoms with Gasteiger partial charge in [0, 0.05) is 12.8 Å². The van der Waals surface area contributed by atoms with Crippen molar-refractivity contribution < 1.29 is 9.47 Å². The minimum Gasteiger partial charge on any atom is -0.375 e. The summed E-state index contributed by atoms with van der Waals surface area (Å²) in [6.07, 6.45) is 1.51. The van der Waals surface area contributed by atoms with Crippen LogP contribution in [0.25, 0.3) is 0 Å². The Morgan fingerprint density at radius 1 is 1.10 bits per heavy atom. The summed E-state index contributed by atoms with van der Waals surface area (Å²) in [6.45, 7) is 3.52. The van der Waals surface area contributed by atoms with Crippen molar-refractivity contribution in [1.82, 2.24) is 4.98 Å². The molecule has 0 saturated carbocycles. The second-order valence-corrected chi connectivity index (χ2v) is 4.80. The molecule has 0 radical (unpaired) electrons. The highest BCUT2D eigenvalue weighted by Gasteiger charge is 2.21. The van der Waals surface area contributed by atoms with Crippen molar-refractivity contribution in [2.75, 3.05) is 13.2 Å². The molecule has 1 aromatic heterocycles. The number of benzene rings is 1. The zero-order valence-electron chi connectivity index (χ0n) is 12.3. The first-order valence-corrected chi connectivity index (χ1v) is 7.21. The van der Waals surface area contributed by atoms with Crippen LogP contribution in [0.3, 0.4) is 0 Å². The standard InChI is InChI=1S/C17H22N2O2/c1-2-21-17(16-10-6-7-11-19-16)15(18)13-20-12-14-8-4-3-5-9-14/h3-11,15,17H,2,12-13,18H2,1H3/t15-,17?/m0/s1. The Morgan fingerprint density at radius 2 is 1.86 bits per heavy atom. The third-order valence-electron chi connectivity index (χ3n) is 3.14. The van der Waals surface area contributed by atoms with Crippen LogP contribution >= 0.6 is 0 Å². The minimum atomic E-state index is -0.247. The highest BCUT2D eigenvalue weighted by atomic mass is 16.5. The summed E-state index contributed by atoms with van der Waals surface area (Å²) in [5, 5.41) is 0. The van der Waals surface area contributed by atoms with Crippen LogP contribution < -0.4 is 5.73 Å². The van der Waals surface area contributed by atoms with Gasteiger partial charge in [-0.3, -0.25) is 4.98 Å². The first-order valence-electron chi connectivity index (χ1n) is 7.21. The van der Waals surface area contributed by atoms with Crippen molar-refractivity contribution in [3.8, 4) is 0 Å². The predicted molar refractivity (Wildman–Crippen MR) is 82.7 cm³/mol. The lowest BCUT2D eigenvalue weighted by Gasteiger charge is -2.23. The average molecular weight is 286 g/mol. The molecule has 2 aromatic rings. The zero-order chi connectivity index (χ0) is 14.9. The van der Waals surface area contributed by atoms with Gasteiger partial charge < -0.3 is 15.2 Å². The van der Waals surface area contributed by atoms with Gasteiger partial charge in [0.15, 0.2) is 0 Å². The number of ether oxygens (including phenoxy) is 2. The van der Waals surface area contributed by atoms with Crippen LogP contribution in [0.15, 0.2) is 54.7 Å². The summed E-state index contributed by atoms with van der Waals surface area (Å²) in [5.41, 5.74) is 8.19. The molecule has 0 aliphatic rings. The predicted octanol–water partition coefficient (Wildman–Crippen LogP) is 2.70. The van der Waals surface area contributed by atoms with Gasteiger partial charge in [-0.2, -0.15) is 0 Å². The molecule has 0 aliphatic heterocycles. The monoisotopic (exact) mass is 286 g/mol. The van der Waals surface area contributed by atoms with E-state index in [9.17, 15) is 0 Å². The third-order valence-corrected chi connectivity index (χ3v) is 3.14. The van der Waals surface area contributed by atoms with Crippen LogP contribution in [0, 0.1) is 0 Å². The number of nitrogens with zero attached hydrogens (tertiary/aromatic N) is 1. The van der Waals surface area contributed by atoms with Crippen molar-refractivity contribution in [3.05, 3.63) is 66.0 Å². The summed E-state index contributed by atoms with van der Waals surface area (Å²) < 4.78 is 11.4. The van der Waals surface area contributed by atoms with Crippen molar-refractivity contribution in [3.63, 3.8) is 0 Å². The largest absolute Gasteiger partial charge is 0.375 e. The fraction of sp³-hybridized carbons (Fsp3) is 0.353. The van der Waals surface area contributed by atoms with Gasteiger partial charge in [-0.1, -0.05) is 36.4 Å². The van der Waals surface area contributed by atoms with E-state index < -0.39 is 0 Å². The molecule has 0 amide bonds. The van der Waals surface area contributed by atoms with E-state index in [-0.39, 0.29) is 12.1 Å². The van der Waals surface area contributed by atoms with Crippen LogP contribution in [0.4, 0.5) is 0 Å². The average Bonchev–Trinajstić information content (AvgIpc) is 2.54. The molecule has 4 nitrogen and oxygen atoms in total. The van der Waals surface area contributed by atoms with E-state index in [1.54, 1.807) is 6.20 Å². The van der Waals surface area contributed by atoms with Crippen molar-refractivity contribution in [1.29, 1.82) is 0 Å². The highest BCUT2D eigenvalue weighted by Crippen LogP contribution is 2.18. The van der Waals surface area contributed by atoms with Gasteiger partial charge in [0.05, 0.1) is 24.9 Å². The number of pyridine rings is 1. The van der Waals surface area contributed by atoms with Gasteiger partial charge in [0.25, 0.3) is 0 Å². The Bertz CT molecular complexity index is 505. The molecule has 2 rings (SSSR count). The Morgan fingerprint density at radius 3 is 2.52 bits per heavy atom. The fourth-order valence-corrected chi connectivity index (χ4v) is 2.13. The molecule has 0 spiro atoms. The van der Waals surface area contributed by atoms with Gasteiger partial charge in [-0.15, -0.1) is 0 Å². The summed E-state index contributed by atoms with van der Waals surface area (Å²) >= 11 is 0. The number of hydrogen-bond donors (Lipinski definition) is 1. The Hall–Kier alpha value is -1.75. The molecule has 1 aromatic carbocycles. The summed E-state index contributed by atoms with van der Waals surface area (Å²) in [5.74, 6) is 0. The Balaban J connectivity index is 1.88. The fourth-order valence-electron chi connectivity index (χ4n) is 2.13. The lowest BCUT2D eigenvalue weighted by atomic mass is 10.1. The van der Waals surface area contributed by atoms with Crippen molar-refractivity contribution in [2.24, 2.45) is 5.73 Å². The van der Waals surface area contributed by atoms with Gasteiger partial charge in [0.1, 0.15) is 6.10 Å². The van der Waals surface area contributed by atoms with Crippen LogP contribution in [-0.2, 0) is 16.1 Å². The minimum absolute atomic E-state index is 0.244. The molecule has 1 unspecified atom stereocenters. The van der Waals surface area contributed by atoms with Gasteiger partial charge in [0.2, 0.25) is 0 Å². The van der Waals surface area contributed by atoms with Crippen LogP contribution in [0.1, 0.15) is 24.3 Å². The molecule has 2 atom stereocenters. The van der Waals surface area contributed by atoms with Crippen molar-refractivity contribution >= 4 is 0 Å². The smallest absolute Gasteiger partial charge is 0.117 e. The molecule has 0 bridgehead atoms. The van der Waals surface area contributed by atoms with E-state index in [1.165, 1.54) is 0 Å². The summed E-state index contributed by atoms with van der Waals surface area (Å²) in [6, 6.07) is 15.5. The maximum atomic E-state index is 6.21. The second kappa shape index (κ2) is 8.52. The first-order chi connectivity index (χ1) is 10.3. The molecule has 0 saturated heterocycles. The van der Waals surface area contributed by atoms with Crippen LogP contribution in [0.2, 0.25) is 0 Å². The lowest BCUT2D eigenvalue weighted by Crippen LogP contribution is -2.35. The molecule has 0 aliphatic carbocycles. The topological polar surface area (TPSA) is 57.4 Å². The van der Waals surface area contributed by atoms with E-state index in [0.29, 0.717) is 19.8 Å². The maximum absolute atomic E-state index is 6.21. The molecular formula is C17H22N2O2. The first kappa shape index (κ1) is 15.6. The van der Waals surface area contributed by atoms with Crippen molar-refractivity contribution in [2.45, 2.75) is 25.7 Å². The molecule has 0 fully saturated rings.